The van der Waals surface area contributed by atoms with E-state index in [0.29, 0.717) is 24.1 Å². The van der Waals surface area contributed by atoms with Gasteiger partial charge in [0.1, 0.15) is 0 Å². The Morgan fingerprint density at radius 2 is 2.05 bits per heavy atom. The lowest BCUT2D eigenvalue weighted by Crippen LogP contribution is -2.47. The van der Waals surface area contributed by atoms with E-state index in [1.165, 1.54) is 5.56 Å². The molecule has 118 valence electrons. The van der Waals surface area contributed by atoms with Crippen molar-refractivity contribution in [2.45, 2.75) is 32.4 Å². The minimum absolute atomic E-state index is 0.127. The van der Waals surface area contributed by atoms with E-state index >= 15 is 0 Å². The topological polar surface area (TPSA) is 49.4 Å². The van der Waals surface area contributed by atoms with Gasteiger partial charge in [-0.2, -0.15) is 0 Å². The largest absolute Gasteiger partial charge is 0.310 e. The summed E-state index contributed by atoms with van der Waals surface area (Å²) < 4.78 is 23.3. The molecule has 5 heteroatoms. The Morgan fingerprint density at radius 1 is 1.33 bits per heavy atom. The number of hydrogen-bond acceptors (Lipinski definition) is 4. The van der Waals surface area contributed by atoms with Gasteiger partial charge in [0.05, 0.1) is 11.5 Å². The fourth-order valence-corrected chi connectivity index (χ4v) is 4.60. The molecule has 1 aromatic rings. The molecule has 2 unspecified atom stereocenters. The van der Waals surface area contributed by atoms with Gasteiger partial charge in [0.25, 0.3) is 0 Å². The van der Waals surface area contributed by atoms with Crippen LogP contribution < -0.4 is 5.32 Å². The second kappa shape index (κ2) is 7.38. The van der Waals surface area contributed by atoms with Crippen molar-refractivity contribution < 1.29 is 8.42 Å². The number of benzene rings is 1. The fraction of sp³-hybridized carbons (Fsp3) is 0.625. The third-order valence-corrected chi connectivity index (χ3v) is 5.96. The van der Waals surface area contributed by atoms with Crippen LogP contribution in [0.4, 0.5) is 0 Å². The maximum absolute atomic E-state index is 11.6. The number of rotatable bonds is 6. The van der Waals surface area contributed by atoms with E-state index in [9.17, 15) is 8.42 Å². The van der Waals surface area contributed by atoms with E-state index in [1.807, 2.05) is 13.0 Å². The van der Waals surface area contributed by atoms with E-state index in [4.69, 9.17) is 0 Å². The standard InChI is InChI=1S/C16H26N2O2S/c1-3-17-16(15-7-5-4-6-8-15)9-10-18-11-12-21(19,20)13-14(18)2/h4-8,14,16-17H,3,9-13H2,1-2H3. The highest BCUT2D eigenvalue weighted by Gasteiger charge is 2.28. The van der Waals surface area contributed by atoms with Gasteiger partial charge in [0, 0.05) is 25.2 Å². The second-order valence-electron chi connectivity index (χ2n) is 5.81. The van der Waals surface area contributed by atoms with E-state index in [1.54, 1.807) is 0 Å². The van der Waals surface area contributed by atoms with Crippen molar-refractivity contribution in [3.63, 3.8) is 0 Å². The van der Waals surface area contributed by atoms with Gasteiger partial charge in [0.15, 0.2) is 9.84 Å². The molecule has 0 amide bonds. The molecule has 0 spiro atoms. The summed E-state index contributed by atoms with van der Waals surface area (Å²) in [5, 5.41) is 3.52. The normalized spacial score (nSPS) is 23.8. The average molecular weight is 310 g/mol. The third kappa shape index (κ3) is 4.80. The molecule has 21 heavy (non-hydrogen) atoms. The highest BCUT2D eigenvalue weighted by molar-refractivity contribution is 7.91. The molecule has 4 nitrogen and oxygen atoms in total. The lowest BCUT2D eigenvalue weighted by Gasteiger charge is -2.34. The van der Waals surface area contributed by atoms with Gasteiger partial charge in [-0.1, -0.05) is 37.3 Å². The van der Waals surface area contributed by atoms with Crippen LogP contribution in [-0.4, -0.2) is 50.5 Å². The van der Waals surface area contributed by atoms with Gasteiger partial charge in [-0.15, -0.1) is 0 Å². The van der Waals surface area contributed by atoms with E-state index in [-0.39, 0.29) is 6.04 Å². The van der Waals surface area contributed by atoms with Crippen LogP contribution in [-0.2, 0) is 9.84 Å². The first-order chi connectivity index (χ1) is 10.0. The Balaban J connectivity index is 1.93. The van der Waals surface area contributed by atoms with Crippen LogP contribution in [0.5, 0.6) is 0 Å². The van der Waals surface area contributed by atoms with E-state index < -0.39 is 9.84 Å². The third-order valence-electron chi connectivity index (χ3n) is 4.17. The van der Waals surface area contributed by atoms with Crippen molar-refractivity contribution in [3.8, 4) is 0 Å². The predicted molar refractivity (Wildman–Crippen MR) is 87.2 cm³/mol. The zero-order valence-corrected chi connectivity index (χ0v) is 13.8. The number of nitrogens with zero attached hydrogens (tertiary/aromatic N) is 1. The molecule has 1 heterocycles. The molecule has 0 aromatic heterocycles. The van der Waals surface area contributed by atoms with Gasteiger partial charge in [-0.3, -0.25) is 4.90 Å². The van der Waals surface area contributed by atoms with Crippen molar-refractivity contribution in [1.29, 1.82) is 0 Å². The summed E-state index contributed by atoms with van der Waals surface area (Å²) in [5.41, 5.74) is 1.30. The monoisotopic (exact) mass is 310 g/mol. The highest BCUT2D eigenvalue weighted by atomic mass is 32.2. The SMILES string of the molecule is CCNC(CCN1CCS(=O)(=O)CC1C)c1ccccc1. The lowest BCUT2D eigenvalue weighted by atomic mass is 10.0. The van der Waals surface area contributed by atoms with Crippen LogP contribution in [0.1, 0.15) is 31.9 Å². The maximum Gasteiger partial charge on any atom is 0.153 e. The van der Waals surface area contributed by atoms with Crippen molar-refractivity contribution in [2.75, 3.05) is 31.1 Å². The molecular formula is C16H26N2O2S. The maximum atomic E-state index is 11.6. The first-order valence-corrected chi connectivity index (χ1v) is 9.57. The van der Waals surface area contributed by atoms with Crippen LogP contribution in [0, 0.1) is 0 Å². The number of nitrogens with one attached hydrogen (secondary N) is 1. The molecule has 2 rings (SSSR count). The molecule has 1 aliphatic heterocycles. The van der Waals surface area contributed by atoms with E-state index in [2.05, 4.69) is 41.4 Å². The molecule has 2 atom stereocenters. The van der Waals surface area contributed by atoms with Crippen molar-refractivity contribution >= 4 is 9.84 Å². The van der Waals surface area contributed by atoms with Crippen LogP contribution in [0.3, 0.4) is 0 Å². The molecule has 0 radical (unpaired) electrons. The summed E-state index contributed by atoms with van der Waals surface area (Å²) in [5.74, 6) is 0.596. The van der Waals surface area contributed by atoms with Gasteiger partial charge in [-0.05, 0) is 25.5 Å². The minimum Gasteiger partial charge on any atom is -0.310 e. The molecule has 1 aromatic carbocycles. The molecule has 1 saturated heterocycles. The molecule has 0 bridgehead atoms. The minimum atomic E-state index is -2.82. The number of sulfone groups is 1. The van der Waals surface area contributed by atoms with Crippen molar-refractivity contribution in [1.82, 2.24) is 10.2 Å². The average Bonchev–Trinajstić information content (AvgIpc) is 2.45. The molecule has 0 aliphatic carbocycles. The van der Waals surface area contributed by atoms with Crippen LogP contribution in [0.15, 0.2) is 30.3 Å². The summed E-state index contributed by atoms with van der Waals surface area (Å²) >= 11 is 0. The zero-order chi connectivity index (χ0) is 15.3. The smallest absolute Gasteiger partial charge is 0.153 e. The van der Waals surface area contributed by atoms with Crippen LogP contribution in [0.2, 0.25) is 0 Å². The molecule has 0 saturated carbocycles. The van der Waals surface area contributed by atoms with Crippen LogP contribution in [0.25, 0.3) is 0 Å². The Bertz CT molecular complexity index is 530. The Hall–Kier alpha value is -0.910. The number of hydrogen-bond donors (Lipinski definition) is 1. The van der Waals surface area contributed by atoms with Crippen molar-refractivity contribution in [2.24, 2.45) is 0 Å². The van der Waals surface area contributed by atoms with Gasteiger partial charge in [0.2, 0.25) is 0 Å². The Labute approximate surface area is 128 Å². The zero-order valence-electron chi connectivity index (χ0n) is 13.0. The highest BCUT2D eigenvalue weighted by Crippen LogP contribution is 2.19. The first-order valence-electron chi connectivity index (χ1n) is 7.74. The summed E-state index contributed by atoms with van der Waals surface area (Å²) in [4.78, 5) is 2.30. The molecular weight excluding hydrogens is 284 g/mol. The fourth-order valence-electron chi connectivity index (χ4n) is 2.98. The molecule has 1 N–H and O–H groups in total. The summed E-state index contributed by atoms with van der Waals surface area (Å²) in [6.45, 7) is 6.66. The van der Waals surface area contributed by atoms with Crippen molar-refractivity contribution in [3.05, 3.63) is 35.9 Å². The Morgan fingerprint density at radius 3 is 2.67 bits per heavy atom. The lowest BCUT2D eigenvalue weighted by molar-refractivity contribution is 0.214. The molecule has 1 aliphatic rings. The van der Waals surface area contributed by atoms with E-state index in [0.717, 1.165) is 19.5 Å². The summed E-state index contributed by atoms with van der Waals surface area (Å²) in [7, 11) is -2.82. The summed E-state index contributed by atoms with van der Waals surface area (Å²) in [6, 6.07) is 10.9. The molecule has 1 fully saturated rings. The van der Waals surface area contributed by atoms with Gasteiger partial charge in [-0.25, -0.2) is 8.42 Å². The van der Waals surface area contributed by atoms with Crippen LogP contribution >= 0.6 is 0 Å². The quantitative estimate of drug-likeness (QED) is 0.871. The second-order valence-corrected chi connectivity index (χ2v) is 8.04. The summed E-state index contributed by atoms with van der Waals surface area (Å²) in [6.07, 6.45) is 1.00. The van der Waals surface area contributed by atoms with Gasteiger partial charge < -0.3 is 5.32 Å². The predicted octanol–water partition coefficient (Wildman–Crippen LogP) is 1.85. The Kier molecular flexibility index (Phi) is 5.79. The van der Waals surface area contributed by atoms with Gasteiger partial charge >= 0.3 is 0 Å². The first kappa shape index (κ1) is 16.5.